The Balaban J connectivity index is 1.51. The van der Waals surface area contributed by atoms with E-state index in [0.717, 1.165) is 58.0 Å². The van der Waals surface area contributed by atoms with Gasteiger partial charge in [0, 0.05) is 32.6 Å². The molecule has 1 aromatic carbocycles. The van der Waals surface area contributed by atoms with Crippen molar-refractivity contribution in [2.24, 2.45) is 0 Å². The van der Waals surface area contributed by atoms with E-state index in [1.807, 2.05) is 7.05 Å². The minimum Gasteiger partial charge on any atom is -0.493 e. The molecule has 1 saturated heterocycles. The second-order valence-electron chi connectivity index (χ2n) is 5.64. The highest BCUT2D eigenvalue weighted by Gasteiger charge is 2.19. The molecule has 0 saturated carbocycles. The molecule has 20 heavy (non-hydrogen) atoms. The van der Waals surface area contributed by atoms with Crippen LogP contribution < -0.4 is 10.1 Å². The summed E-state index contributed by atoms with van der Waals surface area (Å²) in [5, 5.41) is 3.19. The van der Waals surface area contributed by atoms with Crippen LogP contribution in [0.5, 0.6) is 5.75 Å². The molecule has 1 aromatic rings. The van der Waals surface area contributed by atoms with Crippen LogP contribution in [0.1, 0.15) is 11.1 Å². The fourth-order valence-corrected chi connectivity index (χ4v) is 3.02. The first kappa shape index (κ1) is 13.9. The summed E-state index contributed by atoms with van der Waals surface area (Å²) in [6, 6.07) is 6.64. The molecular formula is C16H24N2O2. The van der Waals surface area contributed by atoms with Crippen molar-refractivity contribution >= 4 is 0 Å². The number of likely N-dealkylation sites (N-methyl/N-ethyl adjacent to an activating group) is 1. The topological polar surface area (TPSA) is 33.7 Å². The molecule has 1 fully saturated rings. The number of benzene rings is 1. The molecule has 4 nitrogen and oxygen atoms in total. The molecule has 4 heteroatoms. The van der Waals surface area contributed by atoms with Gasteiger partial charge in [0.15, 0.2) is 0 Å². The molecule has 3 rings (SSSR count). The van der Waals surface area contributed by atoms with Crippen molar-refractivity contribution in [1.82, 2.24) is 10.2 Å². The maximum absolute atomic E-state index is 5.74. The lowest BCUT2D eigenvalue weighted by atomic mass is 10.1. The zero-order valence-electron chi connectivity index (χ0n) is 12.2. The second kappa shape index (κ2) is 6.57. The average Bonchev–Trinajstić information content (AvgIpc) is 2.93. The maximum atomic E-state index is 5.74. The van der Waals surface area contributed by atoms with Gasteiger partial charge >= 0.3 is 0 Å². The first-order chi connectivity index (χ1) is 9.85. The molecule has 0 radical (unpaired) electrons. The van der Waals surface area contributed by atoms with Crippen molar-refractivity contribution in [3.63, 3.8) is 0 Å². The average molecular weight is 276 g/mol. The second-order valence-corrected chi connectivity index (χ2v) is 5.64. The van der Waals surface area contributed by atoms with Gasteiger partial charge in [-0.3, -0.25) is 4.90 Å². The summed E-state index contributed by atoms with van der Waals surface area (Å²) >= 11 is 0. The summed E-state index contributed by atoms with van der Waals surface area (Å²) in [6.07, 6.45) is 2.51. The Labute approximate surface area is 121 Å². The summed E-state index contributed by atoms with van der Waals surface area (Å²) in [7, 11) is 1.98. The van der Waals surface area contributed by atoms with Gasteiger partial charge in [-0.15, -0.1) is 0 Å². The molecule has 0 bridgehead atoms. The van der Waals surface area contributed by atoms with E-state index in [9.17, 15) is 0 Å². The van der Waals surface area contributed by atoms with Crippen molar-refractivity contribution < 1.29 is 9.47 Å². The molecular weight excluding hydrogens is 252 g/mol. The van der Waals surface area contributed by atoms with Crippen LogP contribution in [0.3, 0.4) is 0 Å². The summed E-state index contributed by atoms with van der Waals surface area (Å²) in [4.78, 5) is 2.51. The number of ether oxygens (including phenoxy) is 2. The number of nitrogens with one attached hydrogen (secondary N) is 1. The number of fused-ring (bicyclic) bond motifs is 1. The molecule has 2 aliphatic rings. The van der Waals surface area contributed by atoms with Gasteiger partial charge in [0.1, 0.15) is 5.75 Å². The summed E-state index contributed by atoms with van der Waals surface area (Å²) in [6.45, 7) is 5.83. The SMILES string of the molecule is CNCC1CN(CCc2ccc3c(c2)CCO3)CCO1. The number of morpholine rings is 1. The highest BCUT2D eigenvalue weighted by atomic mass is 16.5. The van der Waals surface area contributed by atoms with Crippen LogP contribution in [0, 0.1) is 0 Å². The lowest BCUT2D eigenvalue weighted by Crippen LogP contribution is -2.46. The highest BCUT2D eigenvalue weighted by Crippen LogP contribution is 2.26. The Kier molecular flexibility index (Phi) is 4.55. The Hall–Kier alpha value is -1.10. The molecule has 0 aliphatic carbocycles. The summed E-state index contributed by atoms with van der Waals surface area (Å²) in [5.41, 5.74) is 2.79. The van der Waals surface area contributed by atoms with Crippen LogP contribution >= 0.6 is 0 Å². The molecule has 1 unspecified atom stereocenters. The van der Waals surface area contributed by atoms with Crippen LogP contribution in [0.25, 0.3) is 0 Å². The van der Waals surface area contributed by atoms with Crippen molar-refractivity contribution in [3.8, 4) is 5.75 Å². The lowest BCUT2D eigenvalue weighted by molar-refractivity contribution is -0.0258. The van der Waals surface area contributed by atoms with Gasteiger partial charge in [0.05, 0.1) is 19.3 Å². The van der Waals surface area contributed by atoms with Gasteiger partial charge in [0.2, 0.25) is 0 Å². The van der Waals surface area contributed by atoms with E-state index in [1.165, 1.54) is 11.1 Å². The van der Waals surface area contributed by atoms with E-state index in [4.69, 9.17) is 9.47 Å². The predicted molar refractivity (Wildman–Crippen MR) is 79.5 cm³/mol. The van der Waals surface area contributed by atoms with E-state index in [2.05, 4.69) is 28.4 Å². The van der Waals surface area contributed by atoms with Crippen molar-refractivity contribution in [3.05, 3.63) is 29.3 Å². The Morgan fingerprint density at radius 2 is 2.30 bits per heavy atom. The van der Waals surface area contributed by atoms with Crippen LogP contribution in [-0.4, -0.2) is 57.4 Å². The van der Waals surface area contributed by atoms with Gasteiger partial charge in [-0.05, 0) is 30.7 Å². The van der Waals surface area contributed by atoms with Crippen LogP contribution in [0.2, 0.25) is 0 Å². The fourth-order valence-electron chi connectivity index (χ4n) is 3.02. The van der Waals surface area contributed by atoms with Gasteiger partial charge < -0.3 is 14.8 Å². The van der Waals surface area contributed by atoms with Crippen molar-refractivity contribution in [1.29, 1.82) is 0 Å². The number of hydrogen-bond donors (Lipinski definition) is 1. The third-order valence-electron chi connectivity index (χ3n) is 4.13. The van der Waals surface area contributed by atoms with Crippen LogP contribution in [0.15, 0.2) is 18.2 Å². The highest BCUT2D eigenvalue weighted by molar-refractivity contribution is 5.39. The Morgan fingerprint density at radius 1 is 1.35 bits per heavy atom. The van der Waals surface area contributed by atoms with Crippen LogP contribution in [0.4, 0.5) is 0 Å². The number of nitrogens with zero attached hydrogens (tertiary/aromatic N) is 1. The third kappa shape index (κ3) is 3.32. The van der Waals surface area contributed by atoms with E-state index < -0.39 is 0 Å². The molecule has 1 N–H and O–H groups in total. The van der Waals surface area contributed by atoms with Gasteiger partial charge in [-0.1, -0.05) is 12.1 Å². The molecule has 110 valence electrons. The zero-order chi connectivity index (χ0) is 13.8. The van der Waals surface area contributed by atoms with E-state index in [1.54, 1.807) is 0 Å². The summed E-state index contributed by atoms with van der Waals surface area (Å²) < 4.78 is 11.3. The monoisotopic (exact) mass is 276 g/mol. The van der Waals surface area contributed by atoms with Crippen molar-refractivity contribution in [2.75, 3.05) is 46.4 Å². The molecule has 0 spiro atoms. The quantitative estimate of drug-likeness (QED) is 0.873. The summed E-state index contributed by atoms with van der Waals surface area (Å²) in [5.74, 6) is 1.08. The minimum atomic E-state index is 0.335. The first-order valence-electron chi connectivity index (χ1n) is 7.58. The largest absolute Gasteiger partial charge is 0.493 e. The van der Waals surface area contributed by atoms with E-state index >= 15 is 0 Å². The number of hydrogen-bond acceptors (Lipinski definition) is 4. The fraction of sp³-hybridized carbons (Fsp3) is 0.625. The van der Waals surface area contributed by atoms with Gasteiger partial charge in [0.25, 0.3) is 0 Å². The van der Waals surface area contributed by atoms with E-state index in [0.29, 0.717) is 6.10 Å². The zero-order valence-corrected chi connectivity index (χ0v) is 12.2. The predicted octanol–water partition coefficient (Wildman–Crippen LogP) is 1.08. The lowest BCUT2D eigenvalue weighted by Gasteiger charge is -2.32. The molecule has 0 amide bonds. The minimum absolute atomic E-state index is 0.335. The Bertz CT molecular complexity index is 448. The molecule has 2 heterocycles. The Morgan fingerprint density at radius 3 is 3.20 bits per heavy atom. The maximum Gasteiger partial charge on any atom is 0.122 e. The van der Waals surface area contributed by atoms with Crippen LogP contribution in [-0.2, 0) is 17.6 Å². The molecule has 0 aromatic heterocycles. The molecule has 2 aliphatic heterocycles. The van der Waals surface area contributed by atoms with Crippen molar-refractivity contribution in [2.45, 2.75) is 18.9 Å². The van der Waals surface area contributed by atoms with E-state index in [-0.39, 0.29) is 0 Å². The third-order valence-corrected chi connectivity index (χ3v) is 4.13. The smallest absolute Gasteiger partial charge is 0.122 e. The standard InChI is InChI=1S/C16H24N2O2/c1-17-11-15-12-18(7-9-19-15)6-4-13-2-3-16-14(10-13)5-8-20-16/h2-3,10,15,17H,4-9,11-12H2,1H3. The normalized spacial score (nSPS) is 22.6. The molecule has 1 atom stereocenters. The first-order valence-corrected chi connectivity index (χ1v) is 7.58. The van der Waals surface area contributed by atoms with Gasteiger partial charge in [-0.25, -0.2) is 0 Å². The van der Waals surface area contributed by atoms with Gasteiger partial charge in [-0.2, -0.15) is 0 Å². The number of rotatable bonds is 5.